The topological polar surface area (TPSA) is 39.4 Å². The van der Waals surface area contributed by atoms with Gasteiger partial charge in [-0.15, -0.1) is 0 Å². The van der Waals surface area contributed by atoms with Crippen LogP contribution in [0.3, 0.4) is 0 Å². The Bertz CT molecular complexity index is 1350. The van der Waals surface area contributed by atoms with Crippen LogP contribution in [-0.2, 0) is 11.2 Å². The van der Waals surface area contributed by atoms with Crippen molar-refractivity contribution < 1.29 is 13.9 Å². The van der Waals surface area contributed by atoms with E-state index in [1.165, 1.54) is 0 Å². The van der Waals surface area contributed by atoms with Crippen molar-refractivity contribution in [1.29, 1.82) is 0 Å². The van der Waals surface area contributed by atoms with E-state index in [9.17, 15) is 4.79 Å². The predicted molar refractivity (Wildman–Crippen MR) is 115 cm³/mol. The molecule has 0 fully saturated rings. The lowest BCUT2D eigenvalue weighted by Crippen LogP contribution is -2.11. The first-order chi connectivity index (χ1) is 13.7. The molecule has 28 heavy (non-hydrogen) atoms. The van der Waals surface area contributed by atoms with Crippen LogP contribution in [0.1, 0.15) is 5.56 Å². The van der Waals surface area contributed by atoms with Crippen molar-refractivity contribution in [2.45, 2.75) is 6.42 Å². The van der Waals surface area contributed by atoms with Crippen molar-refractivity contribution in [3.8, 4) is 5.75 Å². The molecule has 0 spiro atoms. The second-order valence-electron chi connectivity index (χ2n) is 6.67. The average Bonchev–Trinajstić information content (AvgIpc) is 3.13. The van der Waals surface area contributed by atoms with Gasteiger partial charge in [0.2, 0.25) is 0 Å². The fourth-order valence-electron chi connectivity index (χ4n) is 3.61. The summed E-state index contributed by atoms with van der Waals surface area (Å²) >= 11 is 3.56. The number of halogens is 1. The summed E-state index contributed by atoms with van der Waals surface area (Å²) in [7, 11) is 0. The molecule has 4 aromatic carbocycles. The summed E-state index contributed by atoms with van der Waals surface area (Å²) in [6.07, 6.45) is 1.79. The van der Waals surface area contributed by atoms with Crippen LogP contribution in [0, 0.1) is 0 Å². The van der Waals surface area contributed by atoms with Crippen molar-refractivity contribution in [2.75, 3.05) is 0 Å². The Morgan fingerprint density at radius 2 is 1.54 bits per heavy atom. The van der Waals surface area contributed by atoms with Gasteiger partial charge in [0, 0.05) is 10.9 Å². The highest BCUT2D eigenvalue weighted by Gasteiger charge is 2.16. The number of hydrogen-bond acceptors (Lipinski definition) is 3. The number of carbonyl (C=O) groups excluding carboxylic acids is 1. The van der Waals surface area contributed by atoms with Gasteiger partial charge in [-0.05, 0) is 49.6 Å². The number of rotatable bonds is 3. The van der Waals surface area contributed by atoms with E-state index in [4.69, 9.17) is 9.15 Å². The molecule has 0 amide bonds. The Kier molecular flexibility index (Phi) is 4.14. The Labute approximate surface area is 169 Å². The third-order valence-corrected chi connectivity index (χ3v) is 5.74. The van der Waals surface area contributed by atoms with Crippen LogP contribution in [-0.4, -0.2) is 5.97 Å². The molecule has 0 aliphatic rings. The quantitative estimate of drug-likeness (QED) is 0.237. The maximum absolute atomic E-state index is 12.7. The molecular weight excluding hydrogens is 416 g/mol. The smallest absolute Gasteiger partial charge is 0.315 e. The first-order valence-corrected chi connectivity index (χ1v) is 9.76. The highest BCUT2D eigenvalue weighted by Crippen LogP contribution is 2.34. The highest BCUT2D eigenvalue weighted by molar-refractivity contribution is 9.10. The van der Waals surface area contributed by atoms with Gasteiger partial charge in [0.1, 0.15) is 11.3 Å². The molecule has 5 aromatic rings. The van der Waals surface area contributed by atoms with E-state index in [2.05, 4.69) is 22.0 Å². The van der Waals surface area contributed by atoms with Gasteiger partial charge in [-0.2, -0.15) is 0 Å². The highest BCUT2D eigenvalue weighted by atomic mass is 79.9. The zero-order valence-corrected chi connectivity index (χ0v) is 16.4. The third-order valence-electron chi connectivity index (χ3n) is 4.93. The number of ether oxygens (including phenoxy) is 1. The lowest BCUT2D eigenvalue weighted by Gasteiger charge is -2.09. The van der Waals surface area contributed by atoms with Crippen molar-refractivity contribution in [1.82, 2.24) is 0 Å². The molecule has 0 aliphatic carbocycles. The standard InChI is InChI=1S/C24H15BrO3/c25-24-19-8-4-2-6-16(19)10-12-21(24)28-22(26)13-17-14-27-20-11-9-15-5-1-3-7-18(15)23(17)20/h1-12,14H,13H2. The van der Waals surface area contributed by atoms with Gasteiger partial charge in [-0.25, -0.2) is 0 Å². The van der Waals surface area contributed by atoms with Gasteiger partial charge in [0.15, 0.2) is 0 Å². The largest absolute Gasteiger partial charge is 0.464 e. The number of carbonyl (C=O) groups is 1. The van der Waals surface area contributed by atoms with Crippen LogP contribution in [0.4, 0.5) is 0 Å². The SMILES string of the molecule is O=C(Cc1coc2ccc3ccccc3c12)Oc1ccc2ccccc2c1Br. The van der Waals surface area contributed by atoms with Crippen LogP contribution in [0.25, 0.3) is 32.5 Å². The number of furan rings is 1. The monoisotopic (exact) mass is 430 g/mol. The Morgan fingerprint density at radius 3 is 2.36 bits per heavy atom. The van der Waals surface area contributed by atoms with E-state index in [1.807, 2.05) is 66.7 Å². The summed E-state index contributed by atoms with van der Waals surface area (Å²) in [6, 6.07) is 23.8. The predicted octanol–water partition coefficient (Wildman–Crippen LogP) is 6.65. The molecule has 1 heterocycles. The number of fused-ring (bicyclic) bond motifs is 4. The summed E-state index contributed by atoms with van der Waals surface area (Å²) in [5.41, 5.74) is 1.60. The fourth-order valence-corrected chi connectivity index (χ4v) is 4.19. The van der Waals surface area contributed by atoms with Crippen molar-refractivity contribution >= 4 is 54.4 Å². The van der Waals surface area contributed by atoms with Crippen LogP contribution in [0.15, 0.2) is 87.9 Å². The minimum absolute atomic E-state index is 0.139. The molecule has 3 nitrogen and oxygen atoms in total. The molecule has 0 unspecified atom stereocenters. The van der Waals surface area contributed by atoms with E-state index in [-0.39, 0.29) is 12.4 Å². The minimum atomic E-state index is -0.327. The lowest BCUT2D eigenvalue weighted by molar-refractivity contribution is -0.133. The third kappa shape index (κ3) is 2.86. The molecular formula is C24H15BrO3. The molecule has 0 saturated heterocycles. The minimum Gasteiger partial charge on any atom is -0.464 e. The molecule has 0 bridgehead atoms. The summed E-state index contributed by atoms with van der Waals surface area (Å²) in [4.78, 5) is 12.7. The summed E-state index contributed by atoms with van der Waals surface area (Å²) < 4.78 is 12.1. The maximum atomic E-state index is 12.7. The molecule has 4 heteroatoms. The summed E-state index contributed by atoms with van der Waals surface area (Å²) in [5, 5.41) is 5.24. The number of esters is 1. The van der Waals surface area contributed by atoms with Crippen molar-refractivity contribution in [2.24, 2.45) is 0 Å². The number of hydrogen-bond donors (Lipinski definition) is 0. The zero-order valence-electron chi connectivity index (χ0n) is 14.8. The van der Waals surface area contributed by atoms with E-state index < -0.39 is 0 Å². The van der Waals surface area contributed by atoms with Crippen LogP contribution < -0.4 is 4.74 Å². The van der Waals surface area contributed by atoms with E-state index in [1.54, 1.807) is 6.26 Å². The van der Waals surface area contributed by atoms with E-state index in [0.29, 0.717) is 5.75 Å². The van der Waals surface area contributed by atoms with Gasteiger partial charge < -0.3 is 9.15 Å². The van der Waals surface area contributed by atoms with Gasteiger partial charge in [-0.1, -0.05) is 60.7 Å². The molecule has 0 saturated carbocycles. The molecule has 136 valence electrons. The number of benzene rings is 4. The lowest BCUT2D eigenvalue weighted by atomic mass is 10.0. The zero-order chi connectivity index (χ0) is 19.1. The first-order valence-electron chi connectivity index (χ1n) is 8.96. The second-order valence-corrected chi connectivity index (χ2v) is 7.46. The average molecular weight is 431 g/mol. The molecule has 5 rings (SSSR count). The second kappa shape index (κ2) is 6.80. The van der Waals surface area contributed by atoms with Crippen LogP contribution >= 0.6 is 15.9 Å². The van der Waals surface area contributed by atoms with Crippen LogP contribution in [0.2, 0.25) is 0 Å². The van der Waals surface area contributed by atoms with Crippen LogP contribution in [0.5, 0.6) is 5.75 Å². The molecule has 0 N–H and O–H groups in total. The van der Waals surface area contributed by atoms with Crippen molar-refractivity contribution in [3.63, 3.8) is 0 Å². The van der Waals surface area contributed by atoms with Gasteiger partial charge >= 0.3 is 5.97 Å². The van der Waals surface area contributed by atoms with E-state index in [0.717, 1.165) is 42.6 Å². The molecule has 1 aromatic heterocycles. The van der Waals surface area contributed by atoms with Gasteiger partial charge in [0.25, 0.3) is 0 Å². The Hall–Kier alpha value is -3.11. The van der Waals surface area contributed by atoms with Gasteiger partial charge in [0.05, 0.1) is 17.2 Å². The normalized spacial score (nSPS) is 11.3. The van der Waals surface area contributed by atoms with E-state index >= 15 is 0 Å². The Balaban J connectivity index is 1.48. The van der Waals surface area contributed by atoms with Gasteiger partial charge in [-0.3, -0.25) is 4.79 Å². The fraction of sp³-hybridized carbons (Fsp3) is 0.0417. The van der Waals surface area contributed by atoms with Crippen molar-refractivity contribution in [3.05, 3.63) is 89.1 Å². The molecule has 0 aliphatic heterocycles. The first kappa shape index (κ1) is 17.0. The summed E-state index contributed by atoms with van der Waals surface area (Å²) in [5.74, 6) is 0.188. The maximum Gasteiger partial charge on any atom is 0.315 e. The molecule has 0 atom stereocenters. The molecule has 0 radical (unpaired) electrons. The summed E-state index contributed by atoms with van der Waals surface area (Å²) in [6.45, 7) is 0. The Morgan fingerprint density at radius 1 is 0.857 bits per heavy atom.